The highest BCUT2D eigenvalue weighted by Gasteiger charge is 2.25. The second-order valence-electron chi connectivity index (χ2n) is 5.55. The van der Waals surface area contributed by atoms with E-state index < -0.39 is 0 Å². The second kappa shape index (κ2) is 8.25. The fourth-order valence-corrected chi connectivity index (χ4v) is 2.56. The van der Waals surface area contributed by atoms with E-state index in [0.717, 1.165) is 25.3 Å². The molecule has 0 bridgehead atoms. The third-order valence-electron chi connectivity index (χ3n) is 3.87. The number of amides is 1. The molecule has 1 aromatic carbocycles. The maximum absolute atomic E-state index is 12.3. The zero-order valence-electron chi connectivity index (χ0n) is 13.0. The Hall–Kier alpha value is -1.26. The lowest BCUT2D eigenvalue weighted by atomic mass is 10.1. The van der Waals surface area contributed by atoms with Crippen LogP contribution < -0.4 is 10.1 Å². The van der Waals surface area contributed by atoms with Crippen LogP contribution in [-0.2, 0) is 11.2 Å². The van der Waals surface area contributed by atoms with E-state index in [1.54, 1.807) is 7.11 Å². The van der Waals surface area contributed by atoms with Crippen LogP contribution in [0.4, 0.5) is 0 Å². The number of halogens is 1. The van der Waals surface area contributed by atoms with E-state index in [4.69, 9.17) is 4.74 Å². The van der Waals surface area contributed by atoms with Gasteiger partial charge in [0.15, 0.2) is 0 Å². The quantitative estimate of drug-likeness (QED) is 0.927. The summed E-state index contributed by atoms with van der Waals surface area (Å²) in [5.41, 5.74) is 1.18. The summed E-state index contributed by atoms with van der Waals surface area (Å²) in [6.45, 7) is 5.91. The van der Waals surface area contributed by atoms with Gasteiger partial charge in [0, 0.05) is 31.6 Å². The molecule has 4 nitrogen and oxygen atoms in total. The van der Waals surface area contributed by atoms with Crippen molar-refractivity contribution < 1.29 is 9.53 Å². The molecule has 0 aliphatic carbocycles. The maximum atomic E-state index is 12.3. The lowest BCUT2D eigenvalue weighted by Crippen LogP contribution is -2.56. The molecule has 0 radical (unpaired) electrons. The van der Waals surface area contributed by atoms with E-state index in [9.17, 15) is 4.79 Å². The van der Waals surface area contributed by atoms with Gasteiger partial charge in [-0.3, -0.25) is 4.79 Å². The van der Waals surface area contributed by atoms with Crippen LogP contribution in [0.1, 0.15) is 25.8 Å². The molecule has 2 atom stereocenters. The molecule has 1 saturated heterocycles. The first-order chi connectivity index (χ1) is 9.60. The Balaban J connectivity index is 0.00000220. The summed E-state index contributed by atoms with van der Waals surface area (Å²) in [4.78, 5) is 14.3. The van der Waals surface area contributed by atoms with Crippen molar-refractivity contribution in [3.63, 3.8) is 0 Å². The number of nitrogens with zero attached hydrogens (tertiary/aromatic N) is 1. The predicted octanol–water partition coefficient (Wildman–Crippen LogP) is 2.26. The molecule has 1 heterocycles. The summed E-state index contributed by atoms with van der Waals surface area (Å²) in [6, 6.07) is 8.60. The highest BCUT2D eigenvalue weighted by Crippen LogP contribution is 2.14. The predicted molar refractivity (Wildman–Crippen MR) is 87.2 cm³/mol. The third-order valence-corrected chi connectivity index (χ3v) is 3.87. The van der Waals surface area contributed by atoms with Crippen molar-refractivity contribution in [2.24, 2.45) is 0 Å². The molecule has 1 aromatic rings. The van der Waals surface area contributed by atoms with Crippen molar-refractivity contribution >= 4 is 18.3 Å². The molecule has 21 heavy (non-hydrogen) atoms. The fourth-order valence-electron chi connectivity index (χ4n) is 2.56. The number of hydrogen-bond donors (Lipinski definition) is 1. The van der Waals surface area contributed by atoms with E-state index in [-0.39, 0.29) is 24.4 Å². The summed E-state index contributed by atoms with van der Waals surface area (Å²) in [5, 5.41) is 3.40. The smallest absolute Gasteiger partial charge is 0.223 e. The Bertz CT molecular complexity index is 450. The Morgan fingerprint density at radius 3 is 2.62 bits per heavy atom. The van der Waals surface area contributed by atoms with Gasteiger partial charge in [0.1, 0.15) is 5.75 Å². The minimum absolute atomic E-state index is 0. The molecular formula is C16H25ClN2O2. The van der Waals surface area contributed by atoms with Crippen LogP contribution >= 0.6 is 12.4 Å². The molecule has 2 unspecified atom stereocenters. The molecule has 2 rings (SSSR count). The van der Waals surface area contributed by atoms with Crippen LogP contribution in [-0.4, -0.2) is 43.1 Å². The maximum Gasteiger partial charge on any atom is 0.223 e. The zero-order valence-corrected chi connectivity index (χ0v) is 13.8. The average Bonchev–Trinajstić information content (AvgIpc) is 2.47. The second-order valence-corrected chi connectivity index (χ2v) is 5.55. The monoisotopic (exact) mass is 312 g/mol. The number of piperazine rings is 1. The van der Waals surface area contributed by atoms with Crippen molar-refractivity contribution in [1.29, 1.82) is 0 Å². The summed E-state index contributed by atoms with van der Waals surface area (Å²) < 4.78 is 5.13. The van der Waals surface area contributed by atoms with Crippen LogP contribution in [0.15, 0.2) is 24.3 Å². The first kappa shape index (κ1) is 17.8. The molecule has 118 valence electrons. The Kier molecular flexibility index (Phi) is 6.99. The third kappa shape index (κ3) is 4.90. The highest BCUT2D eigenvalue weighted by molar-refractivity contribution is 5.85. The summed E-state index contributed by atoms with van der Waals surface area (Å²) >= 11 is 0. The number of carbonyl (C=O) groups is 1. The fraction of sp³-hybridized carbons (Fsp3) is 0.562. The van der Waals surface area contributed by atoms with Gasteiger partial charge in [-0.25, -0.2) is 0 Å². The number of benzene rings is 1. The van der Waals surface area contributed by atoms with Crippen LogP contribution in [0.3, 0.4) is 0 Å². The molecule has 5 heteroatoms. The van der Waals surface area contributed by atoms with Crippen molar-refractivity contribution in [1.82, 2.24) is 10.2 Å². The Morgan fingerprint density at radius 2 is 2.00 bits per heavy atom. The van der Waals surface area contributed by atoms with Gasteiger partial charge in [-0.05, 0) is 38.0 Å². The lowest BCUT2D eigenvalue weighted by molar-refractivity contribution is -0.134. The standard InChI is InChI=1S/C16H24N2O2.ClH/c1-12-11-18(13(2)10-17-12)16(19)9-6-14-4-7-15(20-3)8-5-14;/h4-5,7-8,12-13,17H,6,9-11H2,1-3H3;1H. The van der Waals surface area contributed by atoms with Crippen molar-refractivity contribution in [2.75, 3.05) is 20.2 Å². The van der Waals surface area contributed by atoms with Gasteiger partial charge >= 0.3 is 0 Å². The number of ether oxygens (including phenoxy) is 1. The molecule has 0 saturated carbocycles. The minimum atomic E-state index is 0. The van der Waals surface area contributed by atoms with Crippen molar-refractivity contribution in [3.8, 4) is 5.75 Å². The van der Waals surface area contributed by atoms with Gasteiger partial charge in [-0.1, -0.05) is 12.1 Å². The van der Waals surface area contributed by atoms with E-state index in [1.165, 1.54) is 5.56 Å². The number of methoxy groups -OCH3 is 1. The van der Waals surface area contributed by atoms with Gasteiger partial charge < -0.3 is 15.0 Å². The summed E-state index contributed by atoms with van der Waals surface area (Å²) in [6.07, 6.45) is 1.36. The molecule has 1 N–H and O–H groups in total. The number of aryl methyl sites for hydroxylation is 1. The number of carbonyl (C=O) groups excluding carboxylic acids is 1. The van der Waals surface area contributed by atoms with Gasteiger partial charge in [0.2, 0.25) is 5.91 Å². The molecule has 1 amide bonds. The number of rotatable bonds is 4. The van der Waals surface area contributed by atoms with Crippen LogP contribution in [0.2, 0.25) is 0 Å². The Labute approximate surface area is 133 Å². The minimum Gasteiger partial charge on any atom is -0.497 e. The molecular weight excluding hydrogens is 288 g/mol. The van der Waals surface area contributed by atoms with Crippen LogP contribution in [0.25, 0.3) is 0 Å². The Morgan fingerprint density at radius 1 is 1.33 bits per heavy atom. The van der Waals surface area contributed by atoms with Gasteiger partial charge in [-0.15, -0.1) is 12.4 Å². The van der Waals surface area contributed by atoms with Gasteiger partial charge in [-0.2, -0.15) is 0 Å². The lowest BCUT2D eigenvalue weighted by Gasteiger charge is -2.37. The van der Waals surface area contributed by atoms with Crippen molar-refractivity contribution in [3.05, 3.63) is 29.8 Å². The zero-order chi connectivity index (χ0) is 14.5. The van der Waals surface area contributed by atoms with Crippen molar-refractivity contribution in [2.45, 2.75) is 38.8 Å². The largest absolute Gasteiger partial charge is 0.497 e. The molecule has 1 aliphatic heterocycles. The first-order valence-electron chi connectivity index (χ1n) is 7.26. The van der Waals surface area contributed by atoms with E-state index >= 15 is 0 Å². The first-order valence-corrected chi connectivity index (χ1v) is 7.26. The SMILES string of the molecule is COc1ccc(CCC(=O)N2CC(C)NCC2C)cc1.Cl. The average molecular weight is 313 g/mol. The number of nitrogens with one attached hydrogen (secondary N) is 1. The molecule has 1 aliphatic rings. The van der Waals surface area contributed by atoms with E-state index in [1.807, 2.05) is 29.2 Å². The summed E-state index contributed by atoms with van der Waals surface area (Å²) in [7, 11) is 1.66. The number of hydrogen-bond acceptors (Lipinski definition) is 3. The highest BCUT2D eigenvalue weighted by atomic mass is 35.5. The molecule has 0 spiro atoms. The van der Waals surface area contributed by atoms with Crippen LogP contribution in [0.5, 0.6) is 5.75 Å². The van der Waals surface area contributed by atoms with Gasteiger partial charge in [0.25, 0.3) is 0 Å². The molecule has 1 fully saturated rings. The van der Waals surface area contributed by atoms with E-state index in [2.05, 4.69) is 19.2 Å². The summed E-state index contributed by atoms with van der Waals surface area (Å²) in [5.74, 6) is 1.10. The molecule has 0 aromatic heterocycles. The normalized spacial score (nSPS) is 21.6. The van der Waals surface area contributed by atoms with Gasteiger partial charge in [0.05, 0.1) is 7.11 Å². The van der Waals surface area contributed by atoms with E-state index in [0.29, 0.717) is 12.5 Å². The topological polar surface area (TPSA) is 41.6 Å². The van der Waals surface area contributed by atoms with Crippen LogP contribution in [0, 0.1) is 0 Å².